The molecule has 2 rings (SSSR count). The largest absolute Gasteiger partial charge is 0.361 e. The predicted octanol–water partition coefficient (Wildman–Crippen LogP) is 1.99. The molecule has 1 amide bonds. The van der Waals surface area contributed by atoms with E-state index in [1.807, 2.05) is 0 Å². The molecule has 0 bridgehead atoms. The van der Waals surface area contributed by atoms with Crippen LogP contribution in [0, 0.1) is 13.8 Å². The highest BCUT2D eigenvalue weighted by Crippen LogP contribution is 2.14. The first-order valence-electron chi connectivity index (χ1n) is 4.80. The third-order valence-electron chi connectivity index (χ3n) is 2.13. The fourth-order valence-corrected chi connectivity index (χ4v) is 1.54. The molecule has 6 nitrogen and oxygen atoms in total. The van der Waals surface area contributed by atoms with Crippen LogP contribution in [0.15, 0.2) is 16.8 Å². The van der Waals surface area contributed by atoms with E-state index in [0.29, 0.717) is 22.8 Å². The van der Waals surface area contributed by atoms with Gasteiger partial charge in [-0.15, -0.1) is 0 Å². The number of anilines is 1. The van der Waals surface area contributed by atoms with Gasteiger partial charge in [0, 0.05) is 6.20 Å². The van der Waals surface area contributed by atoms with Crippen molar-refractivity contribution < 1.29 is 9.32 Å². The highest BCUT2D eigenvalue weighted by Gasteiger charge is 2.17. The number of hydrogen-bond acceptors (Lipinski definition) is 5. The van der Waals surface area contributed by atoms with Crippen LogP contribution >= 0.6 is 11.6 Å². The maximum absolute atomic E-state index is 11.9. The standard InChI is InChI=1S/C10H9ClN4O2/c1-5-8(6(2)17-15-5)9(16)13-7-3-4-12-10(11)14-7/h3-4H,1-2H3,(H,12,13,14,16). The van der Waals surface area contributed by atoms with Crippen LogP contribution in [0.2, 0.25) is 5.28 Å². The molecule has 1 N–H and O–H groups in total. The number of nitrogens with one attached hydrogen (secondary N) is 1. The van der Waals surface area contributed by atoms with E-state index >= 15 is 0 Å². The van der Waals surface area contributed by atoms with Gasteiger partial charge in [-0.2, -0.15) is 0 Å². The molecule has 0 aromatic carbocycles. The molecule has 7 heteroatoms. The van der Waals surface area contributed by atoms with Crippen LogP contribution in [0.3, 0.4) is 0 Å². The highest BCUT2D eigenvalue weighted by molar-refractivity contribution is 6.28. The SMILES string of the molecule is Cc1noc(C)c1C(=O)Nc1ccnc(Cl)n1. The second-order valence-corrected chi connectivity index (χ2v) is 3.70. The normalized spacial score (nSPS) is 10.3. The summed E-state index contributed by atoms with van der Waals surface area (Å²) in [4.78, 5) is 19.5. The zero-order valence-corrected chi connectivity index (χ0v) is 9.95. The van der Waals surface area contributed by atoms with Crippen LogP contribution in [0.25, 0.3) is 0 Å². The van der Waals surface area contributed by atoms with Crippen molar-refractivity contribution >= 4 is 23.3 Å². The van der Waals surface area contributed by atoms with Crippen molar-refractivity contribution in [2.75, 3.05) is 5.32 Å². The minimum atomic E-state index is -0.337. The van der Waals surface area contributed by atoms with Gasteiger partial charge in [0.1, 0.15) is 17.1 Å². The molecule has 0 radical (unpaired) electrons. The second kappa shape index (κ2) is 4.50. The zero-order valence-electron chi connectivity index (χ0n) is 9.19. The summed E-state index contributed by atoms with van der Waals surface area (Å²) < 4.78 is 4.91. The summed E-state index contributed by atoms with van der Waals surface area (Å²) in [5.74, 6) is 0.450. The van der Waals surface area contributed by atoms with Gasteiger partial charge in [-0.3, -0.25) is 4.79 Å². The van der Waals surface area contributed by atoms with Crippen molar-refractivity contribution in [3.63, 3.8) is 0 Å². The lowest BCUT2D eigenvalue weighted by Crippen LogP contribution is -2.14. The van der Waals surface area contributed by atoms with Crippen molar-refractivity contribution in [3.8, 4) is 0 Å². The fourth-order valence-electron chi connectivity index (χ4n) is 1.39. The van der Waals surface area contributed by atoms with Crippen molar-refractivity contribution in [3.05, 3.63) is 34.6 Å². The number of carbonyl (C=O) groups is 1. The van der Waals surface area contributed by atoms with Crippen LogP contribution in [0.5, 0.6) is 0 Å². The van der Waals surface area contributed by atoms with Gasteiger partial charge >= 0.3 is 0 Å². The molecule has 0 atom stereocenters. The van der Waals surface area contributed by atoms with Gasteiger partial charge < -0.3 is 9.84 Å². The molecule has 0 unspecified atom stereocenters. The van der Waals surface area contributed by atoms with Crippen molar-refractivity contribution in [1.29, 1.82) is 0 Å². The number of amides is 1. The number of rotatable bonds is 2. The van der Waals surface area contributed by atoms with E-state index < -0.39 is 0 Å². The Hall–Kier alpha value is -1.95. The van der Waals surface area contributed by atoms with Gasteiger partial charge in [0.15, 0.2) is 0 Å². The van der Waals surface area contributed by atoms with Gasteiger partial charge in [0.2, 0.25) is 5.28 Å². The Kier molecular flexibility index (Phi) is 3.06. The van der Waals surface area contributed by atoms with Gasteiger partial charge in [0.25, 0.3) is 5.91 Å². The number of aromatic nitrogens is 3. The summed E-state index contributed by atoms with van der Waals surface area (Å²) in [7, 11) is 0. The summed E-state index contributed by atoms with van der Waals surface area (Å²) in [6.07, 6.45) is 1.46. The van der Waals surface area contributed by atoms with E-state index in [9.17, 15) is 4.79 Å². The van der Waals surface area contributed by atoms with E-state index in [2.05, 4.69) is 20.4 Å². The Morgan fingerprint density at radius 2 is 2.24 bits per heavy atom. The Morgan fingerprint density at radius 3 is 2.82 bits per heavy atom. The van der Waals surface area contributed by atoms with E-state index in [-0.39, 0.29) is 11.2 Å². The number of hydrogen-bond donors (Lipinski definition) is 1. The monoisotopic (exact) mass is 252 g/mol. The number of carbonyl (C=O) groups excluding carboxylic acids is 1. The van der Waals surface area contributed by atoms with E-state index in [4.69, 9.17) is 16.1 Å². The van der Waals surface area contributed by atoms with Gasteiger partial charge in [-0.05, 0) is 31.5 Å². The highest BCUT2D eigenvalue weighted by atomic mass is 35.5. The Balaban J connectivity index is 2.23. The maximum Gasteiger partial charge on any atom is 0.262 e. The van der Waals surface area contributed by atoms with Gasteiger partial charge in [-0.1, -0.05) is 5.16 Å². The first kappa shape index (κ1) is 11.5. The zero-order chi connectivity index (χ0) is 12.4. The third-order valence-corrected chi connectivity index (χ3v) is 2.31. The third kappa shape index (κ3) is 2.42. The molecule has 2 aromatic heterocycles. The molecule has 0 saturated heterocycles. The smallest absolute Gasteiger partial charge is 0.262 e. The average Bonchev–Trinajstić information content (AvgIpc) is 2.58. The molecule has 88 valence electrons. The second-order valence-electron chi connectivity index (χ2n) is 3.36. The molecular weight excluding hydrogens is 244 g/mol. The molecule has 2 heterocycles. The summed E-state index contributed by atoms with van der Waals surface area (Å²) >= 11 is 5.61. The molecular formula is C10H9ClN4O2. The lowest BCUT2D eigenvalue weighted by Gasteiger charge is -2.03. The van der Waals surface area contributed by atoms with Gasteiger partial charge in [-0.25, -0.2) is 9.97 Å². The summed E-state index contributed by atoms with van der Waals surface area (Å²) in [6.45, 7) is 3.36. The van der Waals surface area contributed by atoms with E-state index in [0.717, 1.165) is 0 Å². The molecule has 2 aromatic rings. The first-order chi connectivity index (χ1) is 8.08. The van der Waals surface area contributed by atoms with E-state index in [1.165, 1.54) is 6.20 Å². The Bertz CT molecular complexity index is 548. The Labute approximate surface area is 102 Å². The topological polar surface area (TPSA) is 80.9 Å². The average molecular weight is 253 g/mol. The molecule has 0 aliphatic heterocycles. The molecule has 17 heavy (non-hydrogen) atoms. The molecule has 0 spiro atoms. The maximum atomic E-state index is 11.9. The van der Waals surface area contributed by atoms with Crippen LogP contribution in [0.4, 0.5) is 5.82 Å². The van der Waals surface area contributed by atoms with Crippen molar-refractivity contribution in [1.82, 2.24) is 15.1 Å². The van der Waals surface area contributed by atoms with Crippen LogP contribution in [0.1, 0.15) is 21.8 Å². The molecule has 0 fully saturated rings. The van der Waals surface area contributed by atoms with Gasteiger partial charge in [0.05, 0.1) is 5.69 Å². The van der Waals surface area contributed by atoms with Crippen LogP contribution in [-0.4, -0.2) is 21.0 Å². The minimum Gasteiger partial charge on any atom is -0.361 e. The molecule has 0 aliphatic rings. The first-order valence-corrected chi connectivity index (χ1v) is 5.18. The summed E-state index contributed by atoms with van der Waals surface area (Å²) in [5, 5.41) is 6.36. The van der Waals surface area contributed by atoms with Crippen LogP contribution < -0.4 is 5.32 Å². The lowest BCUT2D eigenvalue weighted by molar-refractivity contribution is 0.102. The predicted molar refractivity (Wildman–Crippen MR) is 61.0 cm³/mol. The van der Waals surface area contributed by atoms with Crippen LogP contribution in [-0.2, 0) is 0 Å². The number of halogens is 1. The fraction of sp³-hybridized carbons (Fsp3) is 0.200. The number of nitrogens with zero attached hydrogens (tertiary/aromatic N) is 3. The van der Waals surface area contributed by atoms with E-state index in [1.54, 1.807) is 19.9 Å². The minimum absolute atomic E-state index is 0.0709. The quantitative estimate of drug-likeness (QED) is 0.827. The Morgan fingerprint density at radius 1 is 1.47 bits per heavy atom. The summed E-state index contributed by atoms with van der Waals surface area (Å²) in [6, 6.07) is 1.54. The molecule has 0 saturated carbocycles. The number of aryl methyl sites for hydroxylation is 2. The van der Waals surface area contributed by atoms with Crippen molar-refractivity contribution in [2.24, 2.45) is 0 Å². The molecule has 0 aliphatic carbocycles. The summed E-state index contributed by atoms with van der Waals surface area (Å²) in [5.41, 5.74) is 0.930. The lowest BCUT2D eigenvalue weighted by atomic mass is 10.2. The van der Waals surface area contributed by atoms with Crippen molar-refractivity contribution in [2.45, 2.75) is 13.8 Å².